The molecule has 1 nitrogen and oxygen atoms in total. The van der Waals surface area contributed by atoms with Crippen LogP contribution in [0, 0.1) is 13.8 Å². The Balaban J connectivity index is 1.96. The molecule has 2 N–H and O–H groups in total. The minimum absolute atomic E-state index is 0.801. The molecule has 0 aromatic heterocycles. The molecule has 2 aromatic carbocycles. The van der Waals surface area contributed by atoms with Gasteiger partial charge in [0.05, 0.1) is 0 Å². The average molecular weight is 336 g/mol. The van der Waals surface area contributed by atoms with Gasteiger partial charge in [-0.25, -0.2) is 0 Å². The number of nitrogens with two attached hydrogens (primary N) is 1. The molecule has 19 heavy (non-hydrogen) atoms. The summed E-state index contributed by atoms with van der Waals surface area (Å²) in [6, 6.07) is 12.7. The monoisotopic (exact) mass is 335 g/mol. The van der Waals surface area contributed by atoms with Gasteiger partial charge in [0.25, 0.3) is 0 Å². The molecule has 0 radical (unpaired) electrons. The Morgan fingerprint density at radius 1 is 1.00 bits per heavy atom. The second-order valence-electron chi connectivity index (χ2n) is 4.84. The van der Waals surface area contributed by atoms with Crippen LogP contribution < -0.4 is 5.73 Å². The van der Waals surface area contributed by atoms with E-state index >= 15 is 0 Å². The third-order valence-corrected chi connectivity index (χ3v) is 4.68. The number of hydrogen-bond donors (Lipinski definition) is 1. The Labute approximate surface area is 127 Å². The van der Waals surface area contributed by atoms with Crippen molar-refractivity contribution >= 4 is 33.4 Å². The SMILES string of the molecule is Cc1cc(C)cc(CSCc2ccc(N)cc2Br)c1. The molecule has 0 spiro atoms. The van der Waals surface area contributed by atoms with Crippen LogP contribution in [0.3, 0.4) is 0 Å². The van der Waals surface area contributed by atoms with Crippen LogP contribution in [0.15, 0.2) is 40.9 Å². The highest BCUT2D eigenvalue weighted by Gasteiger charge is 2.02. The van der Waals surface area contributed by atoms with Gasteiger partial charge in [0, 0.05) is 21.7 Å². The van der Waals surface area contributed by atoms with E-state index in [0.717, 1.165) is 21.7 Å². The van der Waals surface area contributed by atoms with Crippen LogP contribution in [-0.2, 0) is 11.5 Å². The van der Waals surface area contributed by atoms with Gasteiger partial charge in [0.1, 0.15) is 0 Å². The highest BCUT2D eigenvalue weighted by Crippen LogP contribution is 2.26. The molecular formula is C16H18BrNS. The molecule has 0 aliphatic rings. The van der Waals surface area contributed by atoms with Crippen LogP contribution in [0.4, 0.5) is 5.69 Å². The number of benzene rings is 2. The maximum absolute atomic E-state index is 5.74. The van der Waals surface area contributed by atoms with Crippen molar-refractivity contribution in [2.45, 2.75) is 25.4 Å². The van der Waals surface area contributed by atoms with Crippen molar-refractivity contribution in [3.63, 3.8) is 0 Å². The lowest BCUT2D eigenvalue weighted by atomic mass is 10.1. The number of aryl methyl sites for hydroxylation is 2. The normalized spacial score (nSPS) is 10.7. The molecule has 0 saturated heterocycles. The lowest BCUT2D eigenvalue weighted by molar-refractivity contribution is 1.29. The van der Waals surface area contributed by atoms with Gasteiger partial charge in [0.15, 0.2) is 0 Å². The van der Waals surface area contributed by atoms with Crippen molar-refractivity contribution in [3.05, 3.63) is 63.1 Å². The van der Waals surface area contributed by atoms with E-state index in [1.165, 1.54) is 22.3 Å². The average Bonchev–Trinajstić information content (AvgIpc) is 2.30. The molecule has 0 bridgehead atoms. The second-order valence-corrected chi connectivity index (χ2v) is 6.68. The van der Waals surface area contributed by atoms with Gasteiger partial charge in [-0.05, 0) is 37.1 Å². The summed E-state index contributed by atoms with van der Waals surface area (Å²) < 4.78 is 1.10. The summed E-state index contributed by atoms with van der Waals surface area (Å²) >= 11 is 5.49. The molecule has 2 rings (SSSR count). The van der Waals surface area contributed by atoms with Gasteiger partial charge in [-0.2, -0.15) is 11.8 Å². The smallest absolute Gasteiger partial charge is 0.0325 e. The van der Waals surface area contributed by atoms with Gasteiger partial charge in [-0.15, -0.1) is 0 Å². The fraction of sp³-hybridized carbons (Fsp3) is 0.250. The van der Waals surface area contributed by atoms with E-state index in [-0.39, 0.29) is 0 Å². The Morgan fingerprint density at radius 3 is 2.32 bits per heavy atom. The van der Waals surface area contributed by atoms with E-state index in [9.17, 15) is 0 Å². The van der Waals surface area contributed by atoms with E-state index in [4.69, 9.17) is 5.73 Å². The summed E-state index contributed by atoms with van der Waals surface area (Å²) in [5, 5.41) is 0. The molecule has 0 saturated carbocycles. The number of halogens is 1. The van der Waals surface area contributed by atoms with Crippen molar-refractivity contribution in [1.29, 1.82) is 0 Å². The first-order chi connectivity index (χ1) is 9.04. The van der Waals surface area contributed by atoms with Crippen LogP contribution in [0.2, 0.25) is 0 Å². The third kappa shape index (κ3) is 4.29. The number of rotatable bonds is 4. The van der Waals surface area contributed by atoms with Crippen LogP contribution in [-0.4, -0.2) is 0 Å². The van der Waals surface area contributed by atoms with Crippen molar-refractivity contribution in [2.24, 2.45) is 0 Å². The summed E-state index contributed by atoms with van der Waals surface area (Å²) in [5.41, 5.74) is 11.9. The number of anilines is 1. The second kappa shape index (κ2) is 6.49. The number of hydrogen-bond acceptors (Lipinski definition) is 2. The van der Waals surface area contributed by atoms with Crippen molar-refractivity contribution in [2.75, 3.05) is 5.73 Å². The van der Waals surface area contributed by atoms with E-state index in [1.807, 2.05) is 23.9 Å². The fourth-order valence-corrected chi connectivity index (χ4v) is 3.81. The first-order valence-corrected chi connectivity index (χ1v) is 8.18. The Morgan fingerprint density at radius 2 is 1.68 bits per heavy atom. The lowest BCUT2D eigenvalue weighted by Gasteiger charge is -2.07. The molecule has 0 atom stereocenters. The minimum Gasteiger partial charge on any atom is -0.399 e. The Hall–Kier alpha value is -0.930. The summed E-state index contributed by atoms with van der Waals surface area (Å²) in [6.45, 7) is 4.30. The summed E-state index contributed by atoms with van der Waals surface area (Å²) in [6.07, 6.45) is 0. The quantitative estimate of drug-likeness (QED) is 0.788. The Kier molecular flexibility index (Phi) is 4.94. The molecule has 100 valence electrons. The molecule has 2 aromatic rings. The fourth-order valence-electron chi connectivity index (χ4n) is 2.11. The molecule has 0 aliphatic carbocycles. The van der Waals surface area contributed by atoms with E-state index < -0.39 is 0 Å². The minimum atomic E-state index is 0.801. The molecule has 0 heterocycles. The van der Waals surface area contributed by atoms with Gasteiger partial charge < -0.3 is 5.73 Å². The summed E-state index contributed by atoms with van der Waals surface area (Å²) in [7, 11) is 0. The largest absolute Gasteiger partial charge is 0.399 e. The lowest BCUT2D eigenvalue weighted by Crippen LogP contribution is -1.90. The van der Waals surface area contributed by atoms with E-state index in [0.29, 0.717) is 0 Å². The number of thioether (sulfide) groups is 1. The predicted octanol–water partition coefficient (Wildman–Crippen LogP) is 5.08. The Bertz CT molecular complexity index is 561. The summed E-state index contributed by atoms with van der Waals surface area (Å²) in [5.74, 6) is 2.03. The maximum atomic E-state index is 5.74. The zero-order chi connectivity index (χ0) is 13.8. The molecule has 0 fully saturated rings. The predicted molar refractivity (Wildman–Crippen MR) is 89.5 cm³/mol. The van der Waals surface area contributed by atoms with Crippen LogP contribution >= 0.6 is 27.7 Å². The maximum Gasteiger partial charge on any atom is 0.0325 e. The zero-order valence-electron chi connectivity index (χ0n) is 11.2. The van der Waals surface area contributed by atoms with Crippen molar-refractivity contribution in [3.8, 4) is 0 Å². The van der Waals surface area contributed by atoms with Crippen LogP contribution in [0.1, 0.15) is 22.3 Å². The highest BCUT2D eigenvalue weighted by molar-refractivity contribution is 9.10. The van der Waals surface area contributed by atoms with E-state index in [2.05, 4.69) is 54.0 Å². The number of nitrogen functional groups attached to an aromatic ring is 1. The standard InChI is InChI=1S/C16H18BrNS/c1-11-5-12(2)7-13(6-11)9-19-10-14-3-4-15(18)8-16(14)17/h3-8H,9-10,18H2,1-2H3. The molecule has 3 heteroatoms. The molecular weight excluding hydrogens is 318 g/mol. The van der Waals surface area contributed by atoms with Crippen LogP contribution in [0.5, 0.6) is 0 Å². The zero-order valence-corrected chi connectivity index (χ0v) is 13.6. The highest BCUT2D eigenvalue weighted by atomic mass is 79.9. The molecule has 0 unspecified atom stereocenters. The van der Waals surface area contributed by atoms with Gasteiger partial charge in [-0.1, -0.05) is 51.3 Å². The van der Waals surface area contributed by atoms with Crippen LogP contribution in [0.25, 0.3) is 0 Å². The first-order valence-electron chi connectivity index (χ1n) is 6.23. The third-order valence-electron chi connectivity index (χ3n) is 2.88. The first kappa shape index (κ1) is 14.5. The van der Waals surface area contributed by atoms with Crippen molar-refractivity contribution in [1.82, 2.24) is 0 Å². The van der Waals surface area contributed by atoms with E-state index in [1.54, 1.807) is 0 Å². The van der Waals surface area contributed by atoms with Gasteiger partial charge in [0.2, 0.25) is 0 Å². The van der Waals surface area contributed by atoms with Gasteiger partial charge in [-0.3, -0.25) is 0 Å². The topological polar surface area (TPSA) is 26.0 Å². The van der Waals surface area contributed by atoms with Crippen molar-refractivity contribution < 1.29 is 0 Å². The molecule has 0 amide bonds. The van der Waals surface area contributed by atoms with Gasteiger partial charge >= 0.3 is 0 Å². The molecule has 0 aliphatic heterocycles. The summed E-state index contributed by atoms with van der Waals surface area (Å²) in [4.78, 5) is 0.